The van der Waals surface area contributed by atoms with Crippen LogP contribution in [0, 0.1) is 0 Å². The standard InChI is InChI=1S/C6H2BrClF3NO/c7-3-1-2(6(9,10)11)4(12-3)5(8)13/h1,12H. The molecule has 0 aliphatic carbocycles. The van der Waals surface area contributed by atoms with Gasteiger partial charge in [0.2, 0.25) is 0 Å². The van der Waals surface area contributed by atoms with Gasteiger partial charge in [0.15, 0.2) is 0 Å². The number of hydrogen-bond donors (Lipinski definition) is 1. The Balaban J connectivity index is 3.28. The highest BCUT2D eigenvalue weighted by Gasteiger charge is 2.36. The van der Waals surface area contributed by atoms with Crippen LogP contribution in [-0.4, -0.2) is 10.2 Å². The minimum Gasteiger partial charge on any atom is -0.345 e. The number of aromatic nitrogens is 1. The maximum absolute atomic E-state index is 12.2. The van der Waals surface area contributed by atoms with E-state index in [1.807, 2.05) is 0 Å². The summed E-state index contributed by atoms with van der Waals surface area (Å²) in [5.41, 5.74) is -1.72. The fraction of sp³-hybridized carbons (Fsp3) is 0.167. The molecule has 13 heavy (non-hydrogen) atoms. The Hall–Kier alpha value is -0.490. The molecule has 0 bridgehead atoms. The van der Waals surface area contributed by atoms with E-state index in [0.29, 0.717) is 0 Å². The number of halogens is 5. The third-order valence-corrected chi connectivity index (χ3v) is 1.90. The SMILES string of the molecule is O=C(Cl)c1[nH]c(Br)cc1C(F)(F)F. The predicted octanol–water partition coefficient (Wildman–Crippen LogP) is 3.17. The van der Waals surface area contributed by atoms with Gasteiger partial charge in [0.05, 0.1) is 10.2 Å². The lowest BCUT2D eigenvalue weighted by Gasteiger charge is -2.03. The Morgan fingerprint density at radius 2 is 2.08 bits per heavy atom. The van der Waals surface area contributed by atoms with Crippen LogP contribution in [0.15, 0.2) is 10.7 Å². The number of nitrogens with one attached hydrogen (secondary N) is 1. The van der Waals surface area contributed by atoms with Gasteiger partial charge in [0, 0.05) is 0 Å². The predicted molar refractivity (Wildman–Crippen MR) is 43.7 cm³/mol. The van der Waals surface area contributed by atoms with Crippen molar-refractivity contribution in [2.45, 2.75) is 6.18 Å². The van der Waals surface area contributed by atoms with Gasteiger partial charge in [-0.2, -0.15) is 13.2 Å². The second kappa shape index (κ2) is 3.34. The highest BCUT2D eigenvalue weighted by Crippen LogP contribution is 2.34. The van der Waals surface area contributed by atoms with Crippen molar-refractivity contribution in [1.29, 1.82) is 0 Å². The van der Waals surface area contributed by atoms with Crippen molar-refractivity contribution in [3.8, 4) is 0 Å². The van der Waals surface area contributed by atoms with Gasteiger partial charge >= 0.3 is 6.18 Å². The fourth-order valence-corrected chi connectivity index (χ4v) is 1.38. The molecule has 0 saturated carbocycles. The molecule has 0 saturated heterocycles. The largest absolute Gasteiger partial charge is 0.418 e. The van der Waals surface area contributed by atoms with Gasteiger partial charge in [-0.15, -0.1) is 0 Å². The average molecular weight is 276 g/mol. The molecule has 0 fully saturated rings. The van der Waals surface area contributed by atoms with Crippen LogP contribution < -0.4 is 0 Å². The Morgan fingerprint density at radius 3 is 2.38 bits per heavy atom. The summed E-state index contributed by atoms with van der Waals surface area (Å²) in [7, 11) is 0. The lowest BCUT2D eigenvalue weighted by atomic mass is 10.2. The number of carbonyl (C=O) groups excluding carboxylic acids is 1. The van der Waals surface area contributed by atoms with Crippen LogP contribution in [0.1, 0.15) is 16.1 Å². The van der Waals surface area contributed by atoms with E-state index in [1.165, 1.54) is 0 Å². The van der Waals surface area contributed by atoms with Crippen molar-refractivity contribution in [2.75, 3.05) is 0 Å². The lowest BCUT2D eigenvalue weighted by Crippen LogP contribution is -2.08. The van der Waals surface area contributed by atoms with Crippen LogP contribution >= 0.6 is 27.5 Å². The number of aromatic amines is 1. The number of hydrogen-bond acceptors (Lipinski definition) is 1. The highest BCUT2D eigenvalue weighted by molar-refractivity contribution is 9.10. The smallest absolute Gasteiger partial charge is 0.345 e. The van der Waals surface area contributed by atoms with Crippen LogP contribution in [0.2, 0.25) is 0 Å². The number of rotatable bonds is 1. The second-order valence-corrected chi connectivity index (χ2v) is 3.38. The summed E-state index contributed by atoms with van der Waals surface area (Å²) in [6.07, 6.45) is -4.58. The normalized spacial score (nSPS) is 11.8. The van der Waals surface area contributed by atoms with Crippen LogP contribution in [0.25, 0.3) is 0 Å². The van der Waals surface area contributed by atoms with Crippen LogP contribution in [0.3, 0.4) is 0 Å². The summed E-state index contributed by atoms with van der Waals surface area (Å²) in [6.45, 7) is 0. The van der Waals surface area contributed by atoms with Crippen molar-refractivity contribution in [1.82, 2.24) is 4.98 Å². The van der Waals surface area contributed by atoms with Crippen molar-refractivity contribution < 1.29 is 18.0 Å². The molecule has 1 rings (SSSR count). The molecule has 0 spiro atoms. The number of H-pyrrole nitrogens is 1. The zero-order chi connectivity index (χ0) is 10.2. The molecular weight excluding hydrogens is 274 g/mol. The van der Waals surface area contributed by atoms with E-state index in [-0.39, 0.29) is 4.60 Å². The summed E-state index contributed by atoms with van der Waals surface area (Å²) in [6, 6.07) is 0.760. The van der Waals surface area contributed by atoms with E-state index in [4.69, 9.17) is 11.6 Å². The topological polar surface area (TPSA) is 32.9 Å². The third kappa shape index (κ3) is 2.25. The summed E-state index contributed by atoms with van der Waals surface area (Å²) >= 11 is 7.71. The molecule has 0 aromatic carbocycles. The minimum absolute atomic E-state index is 0.0591. The van der Waals surface area contributed by atoms with E-state index in [2.05, 4.69) is 20.9 Å². The van der Waals surface area contributed by atoms with Gasteiger partial charge in [-0.25, -0.2) is 0 Å². The summed E-state index contributed by atoms with van der Waals surface area (Å²) in [5, 5.41) is -1.17. The number of alkyl halides is 3. The summed E-state index contributed by atoms with van der Waals surface area (Å²) in [4.78, 5) is 12.7. The second-order valence-electron chi connectivity index (χ2n) is 2.18. The molecule has 0 aliphatic heterocycles. The molecule has 7 heteroatoms. The van der Waals surface area contributed by atoms with E-state index < -0.39 is 22.7 Å². The van der Waals surface area contributed by atoms with Gasteiger partial charge in [-0.3, -0.25) is 4.79 Å². The Bertz CT molecular complexity index is 346. The van der Waals surface area contributed by atoms with Crippen LogP contribution in [0.5, 0.6) is 0 Å². The first kappa shape index (κ1) is 10.6. The minimum atomic E-state index is -4.58. The maximum atomic E-state index is 12.2. The Kier molecular flexibility index (Phi) is 2.72. The summed E-state index contributed by atoms with van der Waals surface area (Å²) in [5.74, 6) is 0. The molecule has 1 aromatic heterocycles. The maximum Gasteiger partial charge on any atom is 0.418 e. The Labute approximate surface area is 84.2 Å². The van der Waals surface area contributed by atoms with Gasteiger partial charge in [0.25, 0.3) is 5.24 Å². The van der Waals surface area contributed by atoms with E-state index in [1.54, 1.807) is 0 Å². The van der Waals surface area contributed by atoms with E-state index >= 15 is 0 Å². The molecule has 0 atom stereocenters. The van der Waals surface area contributed by atoms with Crippen LogP contribution in [-0.2, 0) is 6.18 Å². The molecule has 72 valence electrons. The van der Waals surface area contributed by atoms with Gasteiger partial charge in [-0.05, 0) is 33.6 Å². The molecule has 1 aromatic rings. The van der Waals surface area contributed by atoms with E-state index in [0.717, 1.165) is 6.07 Å². The quantitative estimate of drug-likeness (QED) is 0.785. The van der Waals surface area contributed by atoms with Crippen molar-refractivity contribution in [3.05, 3.63) is 21.9 Å². The van der Waals surface area contributed by atoms with Crippen LogP contribution in [0.4, 0.5) is 13.2 Å². The molecule has 0 amide bonds. The first-order valence-corrected chi connectivity index (χ1v) is 4.15. The molecular formula is C6H2BrClF3NO. The van der Waals surface area contributed by atoms with E-state index in [9.17, 15) is 18.0 Å². The lowest BCUT2D eigenvalue weighted by molar-refractivity contribution is -0.137. The zero-order valence-corrected chi connectivity index (χ0v) is 8.22. The fourth-order valence-electron chi connectivity index (χ4n) is 0.800. The first-order valence-electron chi connectivity index (χ1n) is 2.98. The molecule has 2 nitrogen and oxygen atoms in total. The molecule has 0 radical (unpaired) electrons. The molecule has 1 heterocycles. The van der Waals surface area contributed by atoms with Crippen molar-refractivity contribution in [3.63, 3.8) is 0 Å². The average Bonchev–Trinajstić information content (AvgIpc) is 2.29. The van der Waals surface area contributed by atoms with Gasteiger partial charge in [-0.1, -0.05) is 0 Å². The highest BCUT2D eigenvalue weighted by atomic mass is 79.9. The number of carbonyl (C=O) groups is 1. The van der Waals surface area contributed by atoms with Crippen molar-refractivity contribution in [2.24, 2.45) is 0 Å². The summed E-state index contributed by atoms with van der Waals surface area (Å²) < 4.78 is 36.6. The monoisotopic (exact) mass is 275 g/mol. The zero-order valence-electron chi connectivity index (χ0n) is 5.88. The van der Waals surface area contributed by atoms with Gasteiger partial charge in [0.1, 0.15) is 5.69 Å². The Morgan fingerprint density at radius 1 is 1.54 bits per heavy atom. The molecule has 0 aliphatic rings. The first-order chi connectivity index (χ1) is 5.82. The van der Waals surface area contributed by atoms with Gasteiger partial charge < -0.3 is 4.98 Å². The third-order valence-electron chi connectivity index (χ3n) is 1.29. The van der Waals surface area contributed by atoms with Crippen molar-refractivity contribution >= 4 is 32.8 Å². The molecule has 0 unspecified atom stereocenters. The molecule has 1 N–H and O–H groups in total.